The van der Waals surface area contributed by atoms with Crippen LogP contribution in [-0.2, 0) is 22.6 Å². The number of imide groups is 1. The first-order chi connectivity index (χ1) is 16.4. The van der Waals surface area contributed by atoms with Gasteiger partial charge in [0, 0.05) is 30.4 Å². The molecule has 6 nitrogen and oxygen atoms in total. The third kappa shape index (κ3) is 4.11. The number of hydrogen-bond acceptors (Lipinski definition) is 4. The fourth-order valence-corrected chi connectivity index (χ4v) is 5.39. The molecule has 5 rings (SSSR count). The number of carbonyl (C=O) groups excluding carboxylic acids is 3. The summed E-state index contributed by atoms with van der Waals surface area (Å²) in [4.78, 5) is 42.4. The van der Waals surface area contributed by atoms with Crippen molar-refractivity contribution in [1.82, 2.24) is 9.80 Å². The largest absolute Gasteiger partial charge is 0.349 e. The van der Waals surface area contributed by atoms with E-state index in [9.17, 15) is 14.4 Å². The van der Waals surface area contributed by atoms with Gasteiger partial charge < -0.3 is 10.2 Å². The average molecular weight is 478 g/mol. The first-order valence-corrected chi connectivity index (χ1v) is 12.3. The number of rotatable bonds is 4. The van der Waals surface area contributed by atoms with Gasteiger partial charge in [-0.25, -0.2) is 0 Å². The zero-order valence-corrected chi connectivity index (χ0v) is 20.0. The number of aryl methyl sites for hydroxylation is 1. The van der Waals surface area contributed by atoms with Gasteiger partial charge in [-0.15, -0.1) is 0 Å². The van der Waals surface area contributed by atoms with Crippen LogP contribution in [0.15, 0.2) is 53.2 Å². The molecule has 1 aliphatic carbocycles. The fraction of sp³-hybridized carbons (Fsp3) is 0.370. The zero-order valence-electron chi connectivity index (χ0n) is 19.3. The summed E-state index contributed by atoms with van der Waals surface area (Å²) in [5, 5.41) is 3.00. The van der Waals surface area contributed by atoms with Crippen molar-refractivity contribution in [3.05, 3.63) is 75.4 Å². The minimum Gasteiger partial charge on any atom is -0.349 e. The molecule has 0 saturated heterocycles. The molecule has 3 amide bonds. The molecule has 2 aliphatic heterocycles. The molecule has 2 aromatic rings. The molecule has 0 unspecified atom stereocenters. The lowest BCUT2D eigenvalue weighted by atomic mass is 9.94. The Bertz CT molecular complexity index is 1200. The number of hydrogen-bond donors (Lipinski definition) is 1. The minimum absolute atomic E-state index is 0.0599. The van der Waals surface area contributed by atoms with E-state index >= 15 is 0 Å². The predicted molar refractivity (Wildman–Crippen MR) is 131 cm³/mol. The smallest absolute Gasteiger partial charge is 0.279 e. The normalized spacial score (nSPS) is 19.0. The Kier molecular flexibility index (Phi) is 6.17. The molecule has 0 atom stereocenters. The number of amides is 3. The van der Waals surface area contributed by atoms with Gasteiger partial charge in [0.15, 0.2) is 0 Å². The Morgan fingerprint density at radius 2 is 1.74 bits per heavy atom. The van der Waals surface area contributed by atoms with Crippen LogP contribution in [0.3, 0.4) is 0 Å². The van der Waals surface area contributed by atoms with Crippen LogP contribution in [0.2, 0.25) is 0 Å². The highest BCUT2D eigenvalue weighted by Crippen LogP contribution is 2.33. The van der Waals surface area contributed by atoms with E-state index in [2.05, 4.69) is 17.4 Å². The summed E-state index contributed by atoms with van der Waals surface area (Å²) in [6, 6.07) is 13.5. The monoisotopic (exact) mass is 477 g/mol. The van der Waals surface area contributed by atoms with Gasteiger partial charge in [0.2, 0.25) is 0 Å². The second-order valence-corrected chi connectivity index (χ2v) is 9.74. The zero-order chi connectivity index (χ0) is 23.8. The summed E-state index contributed by atoms with van der Waals surface area (Å²) in [5.41, 5.74) is 4.53. The third-order valence-corrected chi connectivity index (χ3v) is 7.51. The van der Waals surface area contributed by atoms with Crippen molar-refractivity contribution in [3.63, 3.8) is 0 Å². The van der Waals surface area contributed by atoms with Gasteiger partial charge in [-0.1, -0.05) is 61.2 Å². The molecule has 34 heavy (non-hydrogen) atoms. The van der Waals surface area contributed by atoms with E-state index in [0.29, 0.717) is 24.3 Å². The molecule has 2 heterocycles. The highest BCUT2D eigenvalue weighted by Gasteiger charge is 2.42. The molecule has 0 spiro atoms. The molecule has 0 bridgehead atoms. The van der Waals surface area contributed by atoms with Gasteiger partial charge in [-0.2, -0.15) is 0 Å². The molecule has 1 saturated carbocycles. The van der Waals surface area contributed by atoms with Crippen LogP contribution in [0.5, 0.6) is 0 Å². The van der Waals surface area contributed by atoms with Crippen molar-refractivity contribution < 1.29 is 14.4 Å². The van der Waals surface area contributed by atoms with Crippen molar-refractivity contribution in [3.8, 4) is 0 Å². The Morgan fingerprint density at radius 1 is 1.00 bits per heavy atom. The quantitative estimate of drug-likeness (QED) is 0.645. The second-order valence-electron chi connectivity index (χ2n) is 9.36. The Hall–Kier alpha value is -3.12. The molecule has 176 valence electrons. The van der Waals surface area contributed by atoms with E-state index in [1.54, 1.807) is 12.1 Å². The lowest BCUT2D eigenvalue weighted by molar-refractivity contribution is -0.140. The number of nitrogens with one attached hydrogen (secondary N) is 1. The lowest BCUT2D eigenvalue weighted by Gasteiger charge is -2.29. The SMILES string of the molecule is Cc1ccc(C(=O)N2CCc3ccccc3C2)cc1NC1=C(Cl)C(=O)N(C2CCCCC2)C1=O. The first-order valence-electron chi connectivity index (χ1n) is 12.0. The van der Waals surface area contributed by atoms with Crippen LogP contribution in [0.1, 0.15) is 59.2 Å². The number of benzene rings is 2. The van der Waals surface area contributed by atoms with Gasteiger partial charge in [-0.3, -0.25) is 19.3 Å². The number of anilines is 1. The van der Waals surface area contributed by atoms with Crippen molar-refractivity contribution in [2.75, 3.05) is 11.9 Å². The van der Waals surface area contributed by atoms with E-state index in [0.717, 1.165) is 44.1 Å². The summed E-state index contributed by atoms with van der Waals surface area (Å²) in [6.07, 6.45) is 5.60. The Balaban J connectivity index is 1.36. The van der Waals surface area contributed by atoms with Gasteiger partial charge in [-0.05, 0) is 55.0 Å². The van der Waals surface area contributed by atoms with Crippen LogP contribution >= 0.6 is 11.6 Å². The predicted octanol–water partition coefficient (Wildman–Crippen LogP) is 4.76. The van der Waals surface area contributed by atoms with E-state index in [1.807, 2.05) is 30.0 Å². The highest BCUT2D eigenvalue weighted by molar-refractivity contribution is 6.48. The molecule has 1 fully saturated rings. The third-order valence-electron chi connectivity index (χ3n) is 7.16. The summed E-state index contributed by atoms with van der Waals surface area (Å²) in [5.74, 6) is -0.876. The highest BCUT2D eigenvalue weighted by atomic mass is 35.5. The van der Waals surface area contributed by atoms with Crippen LogP contribution in [0.4, 0.5) is 5.69 Å². The lowest BCUT2D eigenvalue weighted by Crippen LogP contribution is -2.42. The van der Waals surface area contributed by atoms with Crippen LogP contribution in [-0.4, -0.2) is 40.1 Å². The fourth-order valence-electron chi connectivity index (χ4n) is 5.17. The molecule has 0 radical (unpaired) electrons. The number of carbonyl (C=O) groups is 3. The maximum absolute atomic E-state index is 13.3. The number of halogens is 1. The maximum atomic E-state index is 13.3. The van der Waals surface area contributed by atoms with Crippen molar-refractivity contribution in [1.29, 1.82) is 0 Å². The van der Waals surface area contributed by atoms with Crippen LogP contribution < -0.4 is 5.32 Å². The number of fused-ring (bicyclic) bond motifs is 1. The molecule has 2 aromatic carbocycles. The van der Waals surface area contributed by atoms with Gasteiger partial charge >= 0.3 is 0 Å². The van der Waals surface area contributed by atoms with Crippen LogP contribution in [0.25, 0.3) is 0 Å². The van der Waals surface area contributed by atoms with Crippen LogP contribution in [0, 0.1) is 6.92 Å². The minimum atomic E-state index is -0.432. The van der Waals surface area contributed by atoms with Crippen molar-refractivity contribution in [2.45, 2.75) is 58.0 Å². The Labute approximate surface area is 204 Å². The number of nitrogens with zero attached hydrogens (tertiary/aromatic N) is 2. The summed E-state index contributed by atoms with van der Waals surface area (Å²) < 4.78 is 0. The van der Waals surface area contributed by atoms with Gasteiger partial charge in [0.1, 0.15) is 10.7 Å². The summed E-state index contributed by atoms with van der Waals surface area (Å²) in [6.45, 7) is 3.13. The molecular weight excluding hydrogens is 450 g/mol. The van der Waals surface area contributed by atoms with E-state index in [1.165, 1.54) is 16.0 Å². The molecular formula is C27H28ClN3O3. The van der Waals surface area contributed by atoms with Gasteiger partial charge in [0.25, 0.3) is 17.7 Å². The van der Waals surface area contributed by atoms with E-state index in [-0.39, 0.29) is 28.6 Å². The summed E-state index contributed by atoms with van der Waals surface area (Å²) in [7, 11) is 0. The molecule has 0 aromatic heterocycles. The van der Waals surface area contributed by atoms with Crippen molar-refractivity contribution in [2.24, 2.45) is 0 Å². The van der Waals surface area contributed by atoms with Gasteiger partial charge in [0.05, 0.1) is 0 Å². The summed E-state index contributed by atoms with van der Waals surface area (Å²) >= 11 is 6.34. The standard InChI is InChI=1S/C27H28ClN3O3/c1-17-11-12-19(25(32)30-14-13-18-7-5-6-8-20(18)16-30)15-22(17)29-24-23(28)26(33)31(27(24)34)21-9-3-2-4-10-21/h5-8,11-12,15,21,29H,2-4,9-10,13-14,16H2,1H3. The molecule has 7 heteroatoms. The molecule has 1 N–H and O–H groups in total. The molecule has 3 aliphatic rings. The average Bonchev–Trinajstić information content (AvgIpc) is 3.08. The van der Waals surface area contributed by atoms with Crippen molar-refractivity contribution >= 4 is 35.0 Å². The van der Waals surface area contributed by atoms with E-state index in [4.69, 9.17) is 11.6 Å². The van der Waals surface area contributed by atoms with E-state index < -0.39 is 5.91 Å². The topological polar surface area (TPSA) is 69.7 Å². The second kappa shape index (κ2) is 9.26. The first kappa shape index (κ1) is 22.7. The Morgan fingerprint density at radius 3 is 2.50 bits per heavy atom. The maximum Gasteiger partial charge on any atom is 0.279 e.